The van der Waals surface area contributed by atoms with Crippen molar-refractivity contribution in [1.82, 2.24) is 0 Å². The number of benzene rings is 2. The van der Waals surface area contributed by atoms with Gasteiger partial charge >= 0.3 is 0 Å². The average Bonchev–Trinajstić information content (AvgIpc) is 2.64. The van der Waals surface area contributed by atoms with Crippen LogP contribution < -0.4 is 10.1 Å². The molecule has 0 unspecified atom stereocenters. The van der Waals surface area contributed by atoms with Crippen LogP contribution in [0.25, 0.3) is 0 Å². The zero-order valence-corrected chi connectivity index (χ0v) is 15.3. The number of rotatable bonds is 5. The maximum Gasteiger partial charge on any atom is 0.255 e. The number of thioether (sulfide) groups is 2. The molecule has 1 fully saturated rings. The summed E-state index contributed by atoms with van der Waals surface area (Å²) in [4.78, 5) is 12.4. The molecule has 3 rings (SSSR count). The van der Waals surface area contributed by atoms with Gasteiger partial charge in [0.25, 0.3) is 5.91 Å². The number of amides is 1. The Bertz CT molecular complexity index is 665. The highest BCUT2D eigenvalue weighted by Gasteiger charge is 2.17. The molecule has 1 aliphatic rings. The summed E-state index contributed by atoms with van der Waals surface area (Å²) >= 11 is 3.98. The van der Waals surface area contributed by atoms with E-state index in [-0.39, 0.29) is 5.91 Å². The molecule has 2 aromatic carbocycles. The topological polar surface area (TPSA) is 38.3 Å². The van der Waals surface area contributed by atoms with Crippen LogP contribution in [0.1, 0.15) is 33.8 Å². The van der Waals surface area contributed by atoms with Gasteiger partial charge in [-0.25, -0.2) is 0 Å². The summed E-state index contributed by atoms with van der Waals surface area (Å²) in [6.45, 7) is 2.58. The Balaban J connectivity index is 1.62. The van der Waals surface area contributed by atoms with Gasteiger partial charge in [0.1, 0.15) is 5.75 Å². The lowest BCUT2D eigenvalue weighted by atomic mass is 10.1. The van der Waals surface area contributed by atoms with E-state index < -0.39 is 0 Å². The lowest BCUT2D eigenvalue weighted by Crippen LogP contribution is -2.12. The van der Waals surface area contributed by atoms with Crippen LogP contribution in [0.4, 0.5) is 5.69 Å². The summed E-state index contributed by atoms with van der Waals surface area (Å²) in [5.74, 6) is 3.16. The van der Waals surface area contributed by atoms with Crippen molar-refractivity contribution in [1.29, 1.82) is 0 Å². The number of hydrogen-bond acceptors (Lipinski definition) is 4. The zero-order valence-electron chi connectivity index (χ0n) is 13.7. The third-order valence-electron chi connectivity index (χ3n) is 3.70. The van der Waals surface area contributed by atoms with Crippen molar-refractivity contribution < 1.29 is 9.53 Å². The number of anilines is 1. The molecule has 0 spiro atoms. The van der Waals surface area contributed by atoms with Crippen LogP contribution >= 0.6 is 23.5 Å². The molecule has 1 N–H and O–H groups in total. The molecule has 0 saturated carbocycles. The van der Waals surface area contributed by atoms with Gasteiger partial charge in [-0.2, -0.15) is 0 Å². The summed E-state index contributed by atoms with van der Waals surface area (Å²) in [5, 5.41) is 2.92. The first-order valence-corrected chi connectivity index (χ1v) is 10.2. The SMILES string of the molecule is CCOc1ccc(NC(=O)c2ccc(C3SCCCS3)cc2)cc1. The van der Waals surface area contributed by atoms with Crippen LogP contribution in [-0.4, -0.2) is 24.0 Å². The predicted octanol–water partition coefficient (Wildman–Crippen LogP) is 5.21. The molecule has 5 heteroatoms. The predicted molar refractivity (Wildman–Crippen MR) is 104 cm³/mol. The second-order valence-corrected chi connectivity index (χ2v) is 8.18. The number of carbonyl (C=O) groups excluding carboxylic acids is 1. The molecule has 0 radical (unpaired) electrons. The van der Waals surface area contributed by atoms with Crippen LogP contribution in [-0.2, 0) is 0 Å². The van der Waals surface area contributed by atoms with Gasteiger partial charge in [-0.3, -0.25) is 4.79 Å². The summed E-state index contributed by atoms with van der Waals surface area (Å²) in [6.07, 6.45) is 1.29. The van der Waals surface area contributed by atoms with Crippen molar-refractivity contribution in [3.05, 3.63) is 59.7 Å². The van der Waals surface area contributed by atoms with Crippen molar-refractivity contribution in [3.63, 3.8) is 0 Å². The van der Waals surface area contributed by atoms with Crippen molar-refractivity contribution in [3.8, 4) is 5.75 Å². The van der Waals surface area contributed by atoms with Gasteiger partial charge in [-0.15, -0.1) is 23.5 Å². The molecule has 2 aromatic rings. The molecule has 3 nitrogen and oxygen atoms in total. The number of ether oxygens (including phenoxy) is 1. The van der Waals surface area contributed by atoms with E-state index in [9.17, 15) is 4.79 Å². The van der Waals surface area contributed by atoms with Crippen LogP contribution in [0.5, 0.6) is 5.75 Å². The monoisotopic (exact) mass is 359 g/mol. The fraction of sp³-hybridized carbons (Fsp3) is 0.316. The van der Waals surface area contributed by atoms with Gasteiger partial charge < -0.3 is 10.1 Å². The molecular formula is C19H21NO2S2. The van der Waals surface area contributed by atoms with E-state index in [0.29, 0.717) is 16.8 Å². The zero-order chi connectivity index (χ0) is 16.8. The lowest BCUT2D eigenvalue weighted by molar-refractivity contribution is 0.102. The Morgan fingerprint density at radius 1 is 1.08 bits per heavy atom. The van der Waals surface area contributed by atoms with E-state index in [1.807, 2.05) is 66.8 Å². The number of hydrogen-bond donors (Lipinski definition) is 1. The summed E-state index contributed by atoms with van der Waals surface area (Å²) in [7, 11) is 0. The first-order chi connectivity index (χ1) is 11.8. The Morgan fingerprint density at radius 2 is 1.75 bits per heavy atom. The molecular weight excluding hydrogens is 338 g/mol. The first kappa shape index (κ1) is 17.2. The normalized spacial score (nSPS) is 15.0. The van der Waals surface area contributed by atoms with Crippen molar-refractivity contribution in [2.24, 2.45) is 0 Å². The number of nitrogens with one attached hydrogen (secondary N) is 1. The molecule has 1 saturated heterocycles. The van der Waals surface area contributed by atoms with Gasteiger partial charge in [0, 0.05) is 11.3 Å². The quantitative estimate of drug-likeness (QED) is 0.796. The van der Waals surface area contributed by atoms with Crippen molar-refractivity contribution in [2.45, 2.75) is 17.9 Å². The standard InChI is InChI=1S/C19H21NO2S2/c1-2-22-17-10-8-16(9-11-17)20-18(21)14-4-6-15(7-5-14)19-23-12-3-13-24-19/h4-11,19H,2-3,12-13H2,1H3,(H,20,21). The minimum Gasteiger partial charge on any atom is -0.494 e. The van der Waals surface area contributed by atoms with Crippen LogP contribution in [0.3, 0.4) is 0 Å². The van der Waals surface area contributed by atoms with Gasteiger partial charge in [0.05, 0.1) is 11.2 Å². The molecule has 1 heterocycles. The van der Waals surface area contributed by atoms with E-state index in [2.05, 4.69) is 17.4 Å². The van der Waals surface area contributed by atoms with Crippen molar-refractivity contribution in [2.75, 3.05) is 23.4 Å². The largest absolute Gasteiger partial charge is 0.494 e. The van der Waals surface area contributed by atoms with Crippen LogP contribution in [0.2, 0.25) is 0 Å². The first-order valence-electron chi connectivity index (χ1n) is 8.13. The van der Waals surface area contributed by atoms with Crippen LogP contribution in [0, 0.1) is 0 Å². The van der Waals surface area contributed by atoms with Gasteiger partial charge in [-0.1, -0.05) is 12.1 Å². The third-order valence-corrected chi connectivity index (χ3v) is 6.71. The minimum atomic E-state index is -0.0883. The fourth-order valence-corrected chi connectivity index (χ4v) is 5.37. The number of carbonyl (C=O) groups is 1. The minimum absolute atomic E-state index is 0.0883. The highest BCUT2D eigenvalue weighted by atomic mass is 32.2. The van der Waals surface area contributed by atoms with E-state index in [0.717, 1.165) is 11.4 Å². The lowest BCUT2D eigenvalue weighted by Gasteiger charge is -2.21. The third kappa shape index (κ3) is 4.48. The van der Waals surface area contributed by atoms with E-state index in [1.54, 1.807) is 0 Å². The van der Waals surface area contributed by atoms with E-state index in [1.165, 1.54) is 23.5 Å². The molecule has 0 aliphatic carbocycles. The molecule has 1 amide bonds. The Morgan fingerprint density at radius 3 is 2.38 bits per heavy atom. The second-order valence-electron chi connectivity index (χ2n) is 5.46. The Kier molecular flexibility index (Phi) is 6.10. The fourth-order valence-electron chi connectivity index (χ4n) is 2.48. The summed E-state index contributed by atoms with van der Waals surface area (Å²) in [6, 6.07) is 15.4. The molecule has 24 heavy (non-hydrogen) atoms. The van der Waals surface area contributed by atoms with E-state index >= 15 is 0 Å². The van der Waals surface area contributed by atoms with Gasteiger partial charge in [0.15, 0.2) is 0 Å². The van der Waals surface area contributed by atoms with Gasteiger partial charge in [0.2, 0.25) is 0 Å². The van der Waals surface area contributed by atoms with E-state index in [4.69, 9.17) is 4.74 Å². The maximum atomic E-state index is 12.4. The van der Waals surface area contributed by atoms with Gasteiger partial charge in [-0.05, 0) is 66.8 Å². The smallest absolute Gasteiger partial charge is 0.255 e. The van der Waals surface area contributed by atoms with Crippen molar-refractivity contribution >= 4 is 35.1 Å². The Hall–Kier alpha value is -1.59. The highest BCUT2D eigenvalue weighted by Crippen LogP contribution is 2.43. The molecule has 0 bridgehead atoms. The maximum absolute atomic E-state index is 12.4. The molecule has 126 valence electrons. The highest BCUT2D eigenvalue weighted by molar-refractivity contribution is 8.16. The Labute approximate surface area is 151 Å². The van der Waals surface area contributed by atoms with Crippen LogP contribution in [0.15, 0.2) is 48.5 Å². The molecule has 0 aromatic heterocycles. The summed E-state index contributed by atoms with van der Waals surface area (Å²) in [5.41, 5.74) is 2.74. The second kappa shape index (κ2) is 8.49. The summed E-state index contributed by atoms with van der Waals surface area (Å²) < 4.78 is 5.91. The molecule has 1 aliphatic heterocycles. The molecule has 0 atom stereocenters. The average molecular weight is 360 g/mol.